The Balaban J connectivity index is 1.58. The Morgan fingerprint density at radius 3 is 2.61 bits per heavy atom. The largest absolute Gasteiger partial charge is 0.469 e. The molecule has 1 aromatic carbocycles. The third-order valence-electron chi connectivity index (χ3n) is 4.99. The number of nitrogens with one attached hydrogen (secondary N) is 1. The summed E-state index contributed by atoms with van der Waals surface area (Å²) in [4.78, 5) is 41.3. The Bertz CT molecular complexity index is 1160. The fourth-order valence-electron chi connectivity index (χ4n) is 3.45. The first-order valence-electron chi connectivity index (χ1n) is 9.44. The number of fused-ring (bicyclic) bond motifs is 1. The molecular formula is C18H21N4O8P. The summed E-state index contributed by atoms with van der Waals surface area (Å²) < 4.78 is 22.1. The molecule has 4 rings (SSSR count). The Labute approximate surface area is 175 Å². The number of aliphatic hydroxyl groups excluding tert-OH is 2. The van der Waals surface area contributed by atoms with E-state index in [9.17, 15) is 19.6 Å². The normalized spacial score (nSPS) is 24.1. The van der Waals surface area contributed by atoms with Crippen molar-refractivity contribution in [1.82, 2.24) is 19.5 Å². The van der Waals surface area contributed by atoms with Crippen LogP contribution >= 0.6 is 7.82 Å². The van der Waals surface area contributed by atoms with E-state index in [4.69, 9.17) is 14.5 Å². The van der Waals surface area contributed by atoms with Crippen LogP contribution in [0.2, 0.25) is 0 Å². The molecule has 4 atom stereocenters. The van der Waals surface area contributed by atoms with Gasteiger partial charge in [-0.1, -0.05) is 30.3 Å². The summed E-state index contributed by atoms with van der Waals surface area (Å²) in [5.74, 6) is 0.414. The maximum Gasteiger partial charge on any atom is 0.469 e. The van der Waals surface area contributed by atoms with Gasteiger partial charge in [0.05, 0.1) is 12.9 Å². The highest BCUT2D eigenvalue weighted by atomic mass is 31.2. The molecule has 2 aromatic heterocycles. The van der Waals surface area contributed by atoms with Crippen LogP contribution in [-0.2, 0) is 26.7 Å². The van der Waals surface area contributed by atoms with Gasteiger partial charge in [-0.15, -0.1) is 0 Å². The number of imidazole rings is 1. The standard InChI is InChI=1S/C18H21N4O8P/c23-14-11(8-29-31(26,27)28)30-18(15(14)24)22-9-19-13-16(22)20-12(21-17(13)25)7-6-10-4-2-1-3-5-10/h1-5,9,11,14-15,18,23-24H,6-8H2,(H,20,21,25)(H2,26,27,28)/t11-,14-,15-,18-/m1/s1. The molecule has 0 bridgehead atoms. The number of phosphoric acid groups is 1. The maximum absolute atomic E-state index is 12.4. The SMILES string of the molecule is O=c1[nH]c(CCc2ccccc2)nc2c1ncn2[C@@H]1O[C@H](COP(=O)(O)O)[C@@H](O)[C@H]1O. The van der Waals surface area contributed by atoms with Crippen LogP contribution in [0.25, 0.3) is 11.2 Å². The number of benzene rings is 1. The smallest absolute Gasteiger partial charge is 0.387 e. The van der Waals surface area contributed by atoms with Crippen molar-refractivity contribution in [3.8, 4) is 0 Å². The van der Waals surface area contributed by atoms with Crippen LogP contribution in [0.3, 0.4) is 0 Å². The molecule has 1 aliphatic rings. The van der Waals surface area contributed by atoms with Crippen LogP contribution in [0.4, 0.5) is 0 Å². The van der Waals surface area contributed by atoms with Crippen molar-refractivity contribution in [3.63, 3.8) is 0 Å². The van der Waals surface area contributed by atoms with Gasteiger partial charge in [-0.05, 0) is 12.0 Å². The molecule has 3 aromatic rings. The third kappa shape index (κ3) is 4.75. The maximum atomic E-state index is 12.4. The first kappa shape index (κ1) is 21.8. The first-order valence-corrected chi connectivity index (χ1v) is 11.0. The topological polar surface area (TPSA) is 180 Å². The number of nitrogens with zero attached hydrogens (tertiary/aromatic N) is 3. The molecule has 0 spiro atoms. The predicted molar refractivity (Wildman–Crippen MR) is 106 cm³/mol. The van der Waals surface area contributed by atoms with Crippen LogP contribution in [0.5, 0.6) is 0 Å². The van der Waals surface area contributed by atoms with E-state index < -0.39 is 44.5 Å². The average molecular weight is 452 g/mol. The molecule has 1 fully saturated rings. The minimum atomic E-state index is -4.78. The van der Waals surface area contributed by atoms with Gasteiger partial charge in [0.25, 0.3) is 5.56 Å². The van der Waals surface area contributed by atoms with Gasteiger partial charge in [-0.3, -0.25) is 13.9 Å². The number of aliphatic hydroxyl groups is 2. The number of aromatic amines is 1. The molecule has 0 unspecified atom stereocenters. The lowest BCUT2D eigenvalue weighted by molar-refractivity contribution is -0.0504. The van der Waals surface area contributed by atoms with E-state index in [0.29, 0.717) is 18.7 Å². The summed E-state index contributed by atoms with van der Waals surface area (Å²) in [5, 5.41) is 20.6. The second kappa shape index (κ2) is 8.60. The molecule has 31 heavy (non-hydrogen) atoms. The van der Waals surface area contributed by atoms with Crippen molar-refractivity contribution < 1.29 is 33.8 Å². The van der Waals surface area contributed by atoms with Gasteiger partial charge >= 0.3 is 7.82 Å². The van der Waals surface area contributed by atoms with E-state index in [2.05, 4.69) is 19.5 Å². The molecule has 0 amide bonds. The van der Waals surface area contributed by atoms with Crippen molar-refractivity contribution in [2.75, 3.05) is 6.61 Å². The molecule has 1 saturated heterocycles. The fraction of sp³-hybridized carbons (Fsp3) is 0.389. The summed E-state index contributed by atoms with van der Waals surface area (Å²) in [5.41, 5.74) is 0.800. The lowest BCUT2D eigenvalue weighted by Crippen LogP contribution is -2.33. The van der Waals surface area contributed by atoms with Crippen LogP contribution in [0, 0.1) is 0 Å². The molecule has 12 nitrogen and oxygen atoms in total. The van der Waals surface area contributed by atoms with Crippen molar-refractivity contribution >= 4 is 19.0 Å². The van der Waals surface area contributed by atoms with Crippen LogP contribution in [0.1, 0.15) is 17.6 Å². The summed E-state index contributed by atoms with van der Waals surface area (Å²) in [6.07, 6.45) is -2.97. The average Bonchev–Trinajstić information content (AvgIpc) is 3.27. The number of ether oxygens (including phenoxy) is 1. The molecular weight excluding hydrogens is 431 g/mol. The van der Waals surface area contributed by atoms with Crippen molar-refractivity contribution in [3.05, 3.63) is 58.4 Å². The number of aromatic nitrogens is 4. The number of phosphoric ester groups is 1. The van der Waals surface area contributed by atoms with E-state index in [-0.39, 0.29) is 11.2 Å². The number of H-pyrrole nitrogens is 1. The second-order valence-electron chi connectivity index (χ2n) is 7.15. The van der Waals surface area contributed by atoms with Crippen LogP contribution in [0.15, 0.2) is 41.5 Å². The summed E-state index contributed by atoms with van der Waals surface area (Å²) in [7, 11) is -4.78. The molecule has 3 heterocycles. The number of aryl methyl sites for hydroxylation is 2. The third-order valence-corrected chi connectivity index (χ3v) is 5.48. The second-order valence-corrected chi connectivity index (χ2v) is 8.39. The van der Waals surface area contributed by atoms with Gasteiger partial charge in [-0.2, -0.15) is 0 Å². The van der Waals surface area contributed by atoms with Gasteiger partial charge in [-0.25, -0.2) is 14.5 Å². The van der Waals surface area contributed by atoms with Crippen molar-refractivity contribution in [1.29, 1.82) is 0 Å². The highest BCUT2D eigenvalue weighted by Crippen LogP contribution is 2.38. The fourth-order valence-corrected chi connectivity index (χ4v) is 3.79. The molecule has 0 radical (unpaired) electrons. The molecule has 0 aliphatic carbocycles. The van der Waals surface area contributed by atoms with Crippen LogP contribution in [-0.4, -0.2) is 64.4 Å². The number of hydrogen-bond donors (Lipinski definition) is 5. The zero-order valence-corrected chi connectivity index (χ0v) is 17.0. The number of rotatable bonds is 7. The molecule has 13 heteroatoms. The Morgan fingerprint density at radius 2 is 1.90 bits per heavy atom. The van der Waals surface area contributed by atoms with E-state index in [1.54, 1.807) is 0 Å². The molecule has 0 saturated carbocycles. The summed E-state index contributed by atoms with van der Waals surface area (Å²) >= 11 is 0. The van der Waals surface area contributed by atoms with Gasteiger partial charge < -0.3 is 29.7 Å². The highest BCUT2D eigenvalue weighted by molar-refractivity contribution is 7.46. The first-order chi connectivity index (χ1) is 14.7. The molecule has 5 N–H and O–H groups in total. The lowest BCUT2D eigenvalue weighted by atomic mass is 10.1. The summed E-state index contributed by atoms with van der Waals surface area (Å²) in [6, 6.07) is 9.67. The quantitative estimate of drug-likeness (QED) is 0.297. The Hall–Kier alpha value is -2.44. The Kier molecular flexibility index (Phi) is 6.04. The minimum absolute atomic E-state index is 0.0312. The lowest BCUT2D eigenvalue weighted by Gasteiger charge is -2.16. The van der Waals surface area contributed by atoms with Crippen LogP contribution < -0.4 is 5.56 Å². The predicted octanol–water partition coefficient (Wildman–Crippen LogP) is -0.367. The van der Waals surface area contributed by atoms with E-state index in [1.807, 2.05) is 30.3 Å². The van der Waals surface area contributed by atoms with Gasteiger partial charge in [0.2, 0.25) is 0 Å². The van der Waals surface area contributed by atoms with Gasteiger partial charge in [0, 0.05) is 6.42 Å². The van der Waals surface area contributed by atoms with Crippen molar-refractivity contribution in [2.45, 2.75) is 37.4 Å². The van der Waals surface area contributed by atoms with Gasteiger partial charge in [0.1, 0.15) is 24.1 Å². The van der Waals surface area contributed by atoms with E-state index >= 15 is 0 Å². The molecule has 166 valence electrons. The summed E-state index contributed by atoms with van der Waals surface area (Å²) in [6.45, 7) is -0.637. The Morgan fingerprint density at radius 1 is 1.16 bits per heavy atom. The zero-order valence-electron chi connectivity index (χ0n) is 16.1. The van der Waals surface area contributed by atoms with Gasteiger partial charge in [0.15, 0.2) is 17.4 Å². The van der Waals surface area contributed by atoms with E-state index in [0.717, 1.165) is 5.56 Å². The molecule has 1 aliphatic heterocycles. The highest BCUT2D eigenvalue weighted by Gasteiger charge is 2.45. The monoisotopic (exact) mass is 452 g/mol. The number of hydrogen-bond acceptors (Lipinski definition) is 8. The zero-order chi connectivity index (χ0) is 22.2. The van der Waals surface area contributed by atoms with Crippen molar-refractivity contribution in [2.24, 2.45) is 0 Å². The van der Waals surface area contributed by atoms with E-state index in [1.165, 1.54) is 10.9 Å². The minimum Gasteiger partial charge on any atom is -0.387 e.